The first-order valence-corrected chi connectivity index (χ1v) is 6.75. The lowest BCUT2D eigenvalue weighted by atomic mass is 9.98. The van der Waals surface area contributed by atoms with Gasteiger partial charge >= 0.3 is 0 Å². The predicted octanol–water partition coefficient (Wildman–Crippen LogP) is 3.66. The fraction of sp³-hybridized carbons (Fsp3) is 0.375. The van der Waals surface area contributed by atoms with Crippen LogP contribution in [0.3, 0.4) is 0 Å². The number of rotatable bonds is 5. The maximum absolute atomic E-state index is 6.11. The van der Waals surface area contributed by atoms with Crippen LogP contribution < -0.4 is 15.2 Å². The number of ether oxygens (including phenoxy) is 2. The molecule has 0 amide bonds. The molecule has 0 aliphatic rings. The van der Waals surface area contributed by atoms with E-state index in [1.54, 1.807) is 0 Å². The summed E-state index contributed by atoms with van der Waals surface area (Å²) in [6, 6.07) is 10.0. The number of hydrogen-bond donors (Lipinski definition) is 1. The molecule has 0 aliphatic carbocycles. The summed E-state index contributed by atoms with van der Waals surface area (Å²) in [7, 11) is 0. The van der Waals surface area contributed by atoms with E-state index in [1.165, 1.54) is 0 Å². The second-order valence-corrected chi connectivity index (χ2v) is 4.49. The van der Waals surface area contributed by atoms with Crippen LogP contribution in [0.15, 0.2) is 30.3 Å². The first kappa shape index (κ1) is 13.7. The van der Waals surface area contributed by atoms with E-state index >= 15 is 0 Å². The van der Waals surface area contributed by atoms with Crippen LogP contribution in [0.2, 0.25) is 0 Å². The van der Waals surface area contributed by atoms with Gasteiger partial charge in [0.25, 0.3) is 0 Å². The van der Waals surface area contributed by atoms with Gasteiger partial charge in [0.1, 0.15) is 11.5 Å². The molecule has 102 valence electrons. The molecule has 2 N–H and O–H groups in total. The minimum absolute atomic E-state index is 0.0814. The zero-order chi connectivity index (χ0) is 13.8. The van der Waals surface area contributed by atoms with E-state index in [1.807, 2.05) is 39.0 Å². The zero-order valence-electron chi connectivity index (χ0n) is 11.8. The van der Waals surface area contributed by atoms with Gasteiger partial charge in [-0.05, 0) is 26.2 Å². The second-order valence-electron chi connectivity index (χ2n) is 4.49. The molecule has 2 rings (SSSR count). The maximum Gasteiger partial charge on any atom is 0.130 e. The largest absolute Gasteiger partial charge is 0.493 e. The van der Waals surface area contributed by atoms with Crippen molar-refractivity contribution in [3.05, 3.63) is 35.9 Å². The number of fused-ring (bicyclic) bond motifs is 1. The van der Waals surface area contributed by atoms with Crippen molar-refractivity contribution < 1.29 is 9.47 Å². The molecule has 0 aromatic heterocycles. The van der Waals surface area contributed by atoms with Crippen LogP contribution in [0, 0.1) is 0 Å². The maximum atomic E-state index is 6.11. The summed E-state index contributed by atoms with van der Waals surface area (Å²) < 4.78 is 11.5. The highest BCUT2D eigenvalue weighted by Crippen LogP contribution is 2.38. The monoisotopic (exact) mass is 259 g/mol. The topological polar surface area (TPSA) is 44.5 Å². The molecule has 1 atom stereocenters. The molecule has 19 heavy (non-hydrogen) atoms. The zero-order valence-corrected chi connectivity index (χ0v) is 11.8. The standard InChI is InChI=1S/C16H21NO2/c1-4-18-14-10-15(19-5-2)16(11(3)17)13-9-7-6-8-12(13)14/h6-11H,4-5,17H2,1-3H3. The second kappa shape index (κ2) is 5.93. The van der Waals surface area contributed by atoms with Crippen molar-refractivity contribution >= 4 is 10.8 Å². The van der Waals surface area contributed by atoms with Crippen molar-refractivity contribution in [1.29, 1.82) is 0 Å². The molecule has 0 fully saturated rings. The van der Waals surface area contributed by atoms with Gasteiger partial charge in [0.15, 0.2) is 0 Å². The van der Waals surface area contributed by atoms with Crippen molar-refractivity contribution in [2.24, 2.45) is 5.73 Å². The molecule has 3 nitrogen and oxygen atoms in total. The Morgan fingerprint density at radius 1 is 1.00 bits per heavy atom. The third kappa shape index (κ3) is 2.66. The minimum Gasteiger partial charge on any atom is -0.493 e. The van der Waals surface area contributed by atoms with E-state index < -0.39 is 0 Å². The lowest BCUT2D eigenvalue weighted by Crippen LogP contribution is -2.09. The van der Waals surface area contributed by atoms with Crippen LogP contribution in [-0.2, 0) is 0 Å². The molecule has 0 heterocycles. The lowest BCUT2D eigenvalue weighted by Gasteiger charge is -2.18. The fourth-order valence-electron chi connectivity index (χ4n) is 2.36. The molecule has 0 bridgehead atoms. The molecule has 0 saturated carbocycles. The van der Waals surface area contributed by atoms with Crippen LogP contribution in [0.1, 0.15) is 32.4 Å². The number of benzene rings is 2. The van der Waals surface area contributed by atoms with Crippen LogP contribution in [0.4, 0.5) is 0 Å². The molecule has 0 radical (unpaired) electrons. The van der Waals surface area contributed by atoms with Crippen molar-refractivity contribution in [1.82, 2.24) is 0 Å². The average molecular weight is 259 g/mol. The summed E-state index contributed by atoms with van der Waals surface area (Å²) in [6.07, 6.45) is 0. The van der Waals surface area contributed by atoms with Crippen molar-refractivity contribution in [2.75, 3.05) is 13.2 Å². The Bertz CT molecular complexity index is 564. The SMILES string of the molecule is CCOc1cc(OCC)c2ccccc2c1C(C)N. The van der Waals surface area contributed by atoms with E-state index in [0.717, 1.165) is 27.8 Å². The van der Waals surface area contributed by atoms with Gasteiger partial charge < -0.3 is 15.2 Å². The smallest absolute Gasteiger partial charge is 0.130 e. The summed E-state index contributed by atoms with van der Waals surface area (Å²) in [5, 5.41) is 2.19. The van der Waals surface area contributed by atoms with Gasteiger partial charge in [-0.15, -0.1) is 0 Å². The van der Waals surface area contributed by atoms with Gasteiger partial charge in [0, 0.05) is 23.1 Å². The molecule has 0 aliphatic heterocycles. The van der Waals surface area contributed by atoms with E-state index in [0.29, 0.717) is 13.2 Å². The summed E-state index contributed by atoms with van der Waals surface area (Å²) in [5.74, 6) is 1.67. The van der Waals surface area contributed by atoms with Gasteiger partial charge in [-0.3, -0.25) is 0 Å². The molecule has 0 saturated heterocycles. The normalized spacial score (nSPS) is 12.4. The Balaban J connectivity index is 2.73. The first-order chi connectivity index (χ1) is 9.19. The quantitative estimate of drug-likeness (QED) is 0.891. The van der Waals surface area contributed by atoms with E-state index in [4.69, 9.17) is 15.2 Å². The Morgan fingerprint density at radius 2 is 1.58 bits per heavy atom. The Labute approximate surface area is 114 Å². The number of hydrogen-bond acceptors (Lipinski definition) is 3. The van der Waals surface area contributed by atoms with E-state index in [2.05, 4.69) is 12.1 Å². The molecule has 0 spiro atoms. The Kier molecular flexibility index (Phi) is 4.27. The summed E-state index contributed by atoms with van der Waals surface area (Å²) >= 11 is 0. The highest BCUT2D eigenvalue weighted by Gasteiger charge is 2.16. The highest BCUT2D eigenvalue weighted by atomic mass is 16.5. The van der Waals surface area contributed by atoms with E-state index in [9.17, 15) is 0 Å². The fourth-order valence-corrected chi connectivity index (χ4v) is 2.36. The Hall–Kier alpha value is -1.74. The van der Waals surface area contributed by atoms with Gasteiger partial charge in [-0.25, -0.2) is 0 Å². The average Bonchev–Trinajstić information content (AvgIpc) is 2.39. The van der Waals surface area contributed by atoms with Gasteiger partial charge in [-0.1, -0.05) is 24.3 Å². The molecular formula is C16H21NO2. The van der Waals surface area contributed by atoms with Gasteiger partial charge in [-0.2, -0.15) is 0 Å². The van der Waals surface area contributed by atoms with Gasteiger partial charge in [0.2, 0.25) is 0 Å². The third-order valence-corrected chi connectivity index (χ3v) is 3.07. The van der Waals surface area contributed by atoms with Crippen LogP contribution in [0.25, 0.3) is 10.8 Å². The molecule has 1 unspecified atom stereocenters. The highest BCUT2D eigenvalue weighted by molar-refractivity contribution is 5.93. The summed E-state index contributed by atoms with van der Waals surface area (Å²) in [4.78, 5) is 0. The predicted molar refractivity (Wildman–Crippen MR) is 78.9 cm³/mol. The third-order valence-electron chi connectivity index (χ3n) is 3.07. The van der Waals surface area contributed by atoms with Crippen LogP contribution in [0.5, 0.6) is 11.5 Å². The molecular weight excluding hydrogens is 238 g/mol. The van der Waals surface area contributed by atoms with Crippen molar-refractivity contribution in [3.8, 4) is 11.5 Å². The van der Waals surface area contributed by atoms with Crippen LogP contribution in [-0.4, -0.2) is 13.2 Å². The summed E-state index contributed by atoms with van der Waals surface area (Å²) in [6.45, 7) is 7.18. The first-order valence-electron chi connectivity index (χ1n) is 6.75. The van der Waals surface area contributed by atoms with Gasteiger partial charge in [0.05, 0.1) is 13.2 Å². The van der Waals surface area contributed by atoms with Crippen molar-refractivity contribution in [3.63, 3.8) is 0 Å². The summed E-state index contributed by atoms with van der Waals surface area (Å²) in [5.41, 5.74) is 7.16. The van der Waals surface area contributed by atoms with E-state index in [-0.39, 0.29) is 6.04 Å². The lowest BCUT2D eigenvalue weighted by molar-refractivity contribution is 0.322. The van der Waals surface area contributed by atoms with Crippen molar-refractivity contribution in [2.45, 2.75) is 26.8 Å². The number of nitrogens with two attached hydrogens (primary N) is 1. The minimum atomic E-state index is -0.0814. The van der Waals surface area contributed by atoms with Crippen LogP contribution >= 0.6 is 0 Å². The molecule has 2 aromatic rings. The molecule has 2 aromatic carbocycles. The molecule has 3 heteroatoms. The Morgan fingerprint density at radius 3 is 2.16 bits per heavy atom.